The molecule has 4 atom stereocenters. The van der Waals surface area contributed by atoms with Crippen molar-refractivity contribution in [1.82, 2.24) is 20.9 Å². The molecule has 0 saturated heterocycles. The second-order valence-corrected chi connectivity index (χ2v) is 8.36. The van der Waals surface area contributed by atoms with Gasteiger partial charge in [-0.05, 0) is 37.9 Å². The van der Waals surface area contributed by atoms with Crippen LogP contribution in [0.15, 0.2) is 30.5 Å². The Hall–Kier alpha value is -3.48. The Kier molecular flexibility index (Phi) is 10.6. The molecule has 0 radical (unpaired) electrons. The van der Waals surface area contributed by atoms with E-state index in [-0.39, 0.29) is 6.42 Å². The fraction of sp³-hybridized carbons (Fsp3) is 0.478. The van der Waals surface area contributed by atoms with E-state index < -0.39 is 54.5 Å². The number of hydrogen-bond donors (Lipinski definition) is 8. The van der Waals surface area contributed by atoms with E-state index in [1.54, 1.807) is 6.20 Å². The molecule has 1 aromatic heterocycles. The highest BCUT2D eigenvalue weighted by atomic mass is 16.4. The average molecular weight is 491 g/mol. The van der Waals surface area contributed by atoms with Crippen molar-refractivity contribution < 1.29 is 29.4 Å². The smallest absolute Gasteiger partial charge is 0.328 e. The van der Waals surface area contributed by atoms with Gasteiger partial charge < -0.3 is 42.6 Å². The zero-order chi connectivity index (χ0) is 26.0. The maximum Gasteiger partial charge on any atom is 0.328 e. The number of aliphatic hydroxyl groups excluding tert-OH is 1. The first-order valence-corrected chi connectivity index (χ1v) is 11.4. The Labute approximate surface area is 202 Å². The molecule has 0 aliphatic heterocycles. The van der Waals surface area contributed by atoms with Crippen LogP contribution in [0.1, 0.15) is 31.7 Å². The van der Waals surface area contributed by atoms with Crippen LogP contribution in [0.25, 0.3) is 10.9 Å². The lowest BCUT2D eigenvalue weighted by Crippen LogP contribution is -2.55. The summed E-state index contributed by atoms with van der Waals surface area (Å²) in [5.74, 6) is -3.36. The fourth-order valence-electron chi connectivity index (χ4n) is 3.55. The maximum atomic E-state index is 12.9. The quantitative estimate of drug-likeness (QED) is 0.149. The summed E-state index contributed by atoms with van der Waals surface area (Å²) in [6.45, 7) is 1.17. The molecule has 192 valence electrons. The molecule has 0 aliphatic rings. The minimum Gasteiger partial charge on any atom is -0.480 e. The van der Waals surface area contributed by atoms with Gasteiger partial charge in [0.15, 0.2) is 6.04 Å². The molecule has 10 N–H and O–H groups in total. The summed E-state index contributed by atoms with van der Waals surface area (Å²) in [5.41, 5.74) is 13.1. The van der Waals surface area contributed by atoms with Crippen molar-refractivity contribution in [1.29, 1.82) is 0 Å². The number of rotatable bonds is 14. The van der Waals surface area contributed by atoms with E-state index in [1.807, 2.05) is 24.3 Å². The SMILES string of the molecule is CC(O)C(NC(=O)CNC(=O)C(Cc1c[nH]c2ccccc12)NC(=O)C(N)CCCCN)C(=O)O. The molecule has 2 rings (SSSR count). The van der Waals surface area contributed by atoms with Gasteiger partial charge in [-0.25, -0.2) is 4.79 Å². The first kappa shape index (κ1) is 27.8. The summed E-state index contributed by atoms with van der Waals surface area (Å²) in [5, 5.41) is 26.7. The van der Waals surface area contributed by atoms with E-state index in [9.17, 15) is 24.3 Å². The molecule has 4 unspecified atom stereocenters. The molecule has 1 aromatic carbocycles. The Morgan fingerprint density at radius 1 is 1.09 bits per heavy atom. The molecule has 12 heteroatoms. The van der Waals surface area contributed by atoms with Crippen molar-refractivity contribution in [3.8, 4) is 0 Å². The largest absolute Gasteiger partial charge is 0.480 e. The number of unbranched alkanes of at least 4 members (excludes halogenated alkanes) is 1. The number of nitrogens with two attached hydrogens (primary N) is 2. The highest BCUT2D eigenvalue weighted by Gasteiger charge is 2.27. The number of aromatic nitrogens is 1. The summed E-state index contributed by atoms with van der Waals surface area (Å²) in [6, 6.07) is 4.09. The number of carboxylic acids is 1. The lowest BCUT2D eigenvalue weighted by molar-refractivity contribution is -0.144. The van der Waals surface area contributed by atoms with Gasteiger partial charge in [0.2, 0.25) is 17.7 Å². The summed E-state index contributed by atoms with van der Waals surface area (Å²) in [7, 11) is 0. The third kappa shape index (κ3) is 8.35. The molecule has 3 amide bonds. The predicted octanol–water partition coefficient (Wildman–Crippen LogP) is -1.28. The summed E-state index contributed by atoms with van der Waals surface area (Å²) in [6.07, 6.45) is 2.33. The number of para-hydroxylation sites is 1. The minimum absolute atomic E-state index is 0.129. The van der Waals surface area contributed by atoms with Gasteiger partial charge in [-0.1, -0.05) is 24.6 Å². The first-order chi connectivity index (χ1) is 16.6. The summed E-state index contributed by atoms with van der Waals surface area (Å²) < 4.78 is 0. The predicted molar refractivity (Wildman–Crippen MR) is 129 cm³/mol. The zero-order valence-electron chi connectivity index (χ0n) is 19.6. The van der Waals surface area contributed by atoms with Gasteiger partial charge >= 0.3 is 5.97 Å². The highest BCUT2D eigenvalue weighted by Crippen LogP contribution is 2.19. The molecule has 0 saturated carbocycles. The van der Waals surface area contributed by atoms with Crippen LogP contribution >= 0.6 is 0 Å². The van der Waals surface area contributed by atoms with Crippen molar-refractivity contribution in [3.63, 3.8) is 0 Å². The topological polar surface area (TPSA) is 213 Å². The van der Waals surface area contributed by atoms with E-state index in [0.717, 1.165) is 22.9 Å². The van der Waals surface area contributed by atoms with Crippen molar-refractivity contribution in [2.75, 3.05) is 13.1 Å². The van der Waals surface area contributed by atoms with Crippen molar-refractivity contribution >= 4 is 34.6 Å². The Morgan fingerprint density at radius 2 is 1.80 bits per heavy atom. The third-order valence-corrected chi connectivity index (χ3v) is 5.53. The number of hydrogen-bond acceptors (Lipinski definition) is 7. The van der Waals surface area contributed by atoms with Gasteiger partial charge in [0.05, 0.1) is 18.7 Å². The summed E-state index contributed by atoms with van der Waals surface area (Å²) in [4.78, 5) is 52.0. The summed E-state index contributed by atoms with van der Waals surface area (Å²) >= 11 is 0. The van der Waals surface area contributed by atoms with Crippen LogP contribution in [-0.2, 0) is 25.6 Å². The number of H-pyrrole nitrogens is 1. The molecule has 0 aliphatic carbocycles. The number of carbonyl (C=O) groups excluding carboxylic acids is 3. The number of benzene rings is 1. The normalized spacial score (nSPS) is 14.5. The maximum absolute atomic E-state index is 12.9. The lowest BCUT2D eigenvalue weighted by atomic mass is 10.0. The molecular formula is C23H34N6O6. The zero-order valence-corrected chi connectivity index (χ0v) is 19.6. The van der Waals surface area contributed by atoms with E-state index in [0.29, 0.717) is 19.4 Å². The average Bonchev–Trinajstić information content (AvgIpc) is 3.23. The van der Waals surface area contributed by atoms with Gasteiger partial charge in [0.25, 0.3) is 0 Å². The molecule has 0 spiro atoms. The van der Waals surface area contributed by atoms with E-state index in [4.69, 9.17) is 16.6 Å². The molecule has 1 heterocycles. The number of fused-ring (bicyclic) bond motifs is 1. The number of amides is 3. The van der Waals surface area contributed by atoms with E-state index >= 15 is 0 Å². The Morgan fingerprint density at radius 3 is 2.46 bits per heavy atom. The van der Waals surface area contributed by atoms with Crippen LogP contribution in [0, 0.1) is 0 Å². The van der Waals surface area contributed by atoms with Gasteiger partial charge in [0, 0.05) is 23.5 Å². The lowest BCUT2D eigenvalue weighted by Gasteiger charge is -2.21. The standard InChI is InChI=1S/C23H34N6O6/c1-13(30)20(23(34)35)29-19(31)12-27-22(33)18(28-21(32)16(25)7-4-5-9-24)10-14-11-26-17-8-3-2-6-15(14)17/h2-3,6,8,11,13,16,18,20,26,30H,4-5,7,9-10,12,24-25H2,1H3,(H,27,33)(H,28,32)(H,29,31)(H,34,35). The molecule has 35 heavy (non-hydrogen) atoms. The molecule has 12 nitrogen and oxygen atoms in total. The second kappa shape index (κ2) is 13.4. The van der Waals surface area contributed by atoms with Crippen LogP contribution in [0.4, 0.5) is 0 Å². The minimum atomic E-state index is -1.52. The fourth-order valence-corrected chi connectivity index (χ4v) is 3.55. The van der Waals surface area contributed by atoms with Crippen molar-refractivity contribution in [2.24, 2.45) is 11.5 Å². The highest BCUT2D eigenvalue weighted by molar-refractivity contribution is 5.93. The third-order valence-electron chi connectivity index (χ3n) is 5.53. The van der Waals surface area contributed by atoms with Crippen LogP contribution in [0.2, 0.25) is 0 Å². The Balaban J connectivity index is 2.10. The number of aromatic amines is 1. The molecular weight excluding hydrogens is 456 g/mol. The van der Waals surface area contributed by atoms with Crippen molar-refractivity contribution in [2.45, 2.75) is 56.8 Å². The van der Waals surface area contributed by atoms with Crippen LogP contribution in [-0.4, -0.2) is 76.2 Å². The van der Waals surface area contributed by atoms with Crippen LogP contribution in [0.5, 0.6) is 0 Å². The first-order valence-electron chi connectivity index (χ1n) is 11.4. The van der Waals surface area contributed by atoms with Gasteiger partial charge in [-0.3, -0.25) is 14.4 Å². The molecule has 2 aromatic rings. The van der Waals surface area contributed by atoms with Gasteiger partial charge in [0.1, 0.15) is 6.04 Å². The monoisotopic (exact) mass is 490 g/mol. The molecule has 0 fully saturated rings. The van der Waals surface area contributed by atoms with Crippen molar-refractivity contribution in [3.05, 3.63) is 36.0 Å². The van der Waals surface area contributed by atoms with E-state index in [1.165, 1.54) is 6.92 Å². The van der Waals surface area contributed by atoms with Gasteiger partial charge in [-0.2, -0.15) is 0 Å². The van der Waals surface area contributed by atoms with Crippen LogP contribution < -0.4 is 27.4 Å². The number of aliphatic carboxylic acids is 1. The van der Waals surface area contributed by atoms with E-state index in [2.05, 4.69) is 20.9 Å². The second-order valence-electron chi connectivity index (χ2n) is 8.36. The number of carboxylic acid groups (broad SMARTS) is 1. The number of aliphatic hydroxyl groups is 1. The molecule has 0 bridgehead atoms. The van der Waals surface area contributed by atoms with Crippen LogP contribution in [0.3, 0.4) is 0 Å². The number of carbonyl (C=O) groups is 4. The van der Waals surface area contributed by atoms with Gasteiger partial charge in [-0.15, -0.1) is 0 Å². The Bertz CT molecular complexity index is 1020. The number of nitrogens with one attached hydrogen (secondary N) is 4.